The maximum atomic E-state index is 14.9. The van der Waals surface area contributed by atoms with Crippen LogP contribution in [0, 0.1) is 5.92 Å². The van der Waals surface area contributed by atoms with Gasteiger partial charge in [-0.25, -0.2) is 4.57 Å². The Hall–Kier alpha value is -2.79. The first-order chi connectivity index (χ1) is 57.1. The summed E-state index contributed by atoms with van der Waals surface area (Å²) in [7, 11) is -5.81. The molecule has 19 atom stereocenters. The minimum atomic E-state index is -5.81. The van der Waals surface area contributed by atoms with Crippen LogP contribution in [0.3, 0.4) is 0 Å². The summed E-state index contributed by atoms with van der Waals surface area (Å²) in [5.74, 6) is -2.33. The molecule has 10 N–H and O–H groups in total. The van der Waals surface area contributed by atoms with Crippen molar-refractivity contribution in [3.63, 3.8) is 0 Å². The van der Waals surface area contributed by atoms with Crippen LogP contribution in [-0.2, 0) is 70.7 Å². The molecule has 694 valence electrons. The predicted octanol–water partition coefficient (Wildman–Crippen LogP) is 17.8. The molecule has 3 rings (SSSR count). The van der Waals surface area contributed by atoms with Crippen LogP contribution in [0.15, 0.2) is 12.2 Å². The molecule has 0 amide bonds. The number of unbranched alkanes of at least 4 members (excludes halogenated alkanes) is 47. The zero-order valence-corrected chi connectivity index (χ0v) is 75.0. The number of carbonyl (C=O) groups excluding carboxylic acids is 4. The first-order valence-corrected chi connectivity index (χ1v) is 49.3. The van der Waals surface area contributed by atoms with Crippen molar-refractivity contribution in [2.75, 3.05) is 26.4 Å². The van der Waals surface area contributed by atoms with E-state index in [0.717, 1.165) is 141 Å². The first-order valence-electron chi connectivity index (χ1n) is 47.8. The van der Waals surface area contributed by atoms with E-state index in [2.05, 4.69) is 46.8 Å². The topological polar surface area (TPSA) is 380 Å². The molecular formula is C92H171O25P. The molecule has 1 aliphatic carbocycles. The van der Waals surface area contributed by atoms with E-state index in [1.165, 1.54) is 173 Å². The molecule has 1 saturated carbocycles. The molecule has 0 aromatic carbocycles. The molecule has 3 aliphatic rings. The van der Waals surface area contributed by atoms with E-state index in [1.807, 2.05) is 0 Å². The van der Waals surface area contributed by atoms with Crippen LogP contribution < -0.4 is 0 Å². The monoisotopic (exact) mass is 1710 g/mol. The number of carbonyl (C=O) groups is 4. The van der Waals surface area contributed by atoms with Crippen LogP contribution in [0.5, 0.6) is 0 Å². The summed E-state index contributed by atoms with van der Waals surface area (Å²) in [5, 5.41) is 102. The van der Waals surface area contributed by atoms with Crippen LogP contribution >= 0.6 is 7.82 Å². The van der Waals surface area contributed by atoms with Crippen LogP contribution in [-0.4, -0.2) is 205 Å². The number of rotatable bonds is 77. The average molecular weight is 1710 g/mol. The fourth-order valence-electron chi connectivity index (χ4n) is 16.0. The highest BCUT2D eigenvalue weighted by Gasteiger charge is 2.60. The van der Waals surface area contributed by atoms with Crippen LogP contribution in [0.2, 0.25) is 0 Å². The van der Waals surface area contributed by atoms with Gasteiger partial charge in [-0.1, -0.05) is 349 Å². The highest BCUT2D eigenvalue weighted by Crippen LogP contribution is 2.49. The molecule has 0 radical (unpaired) electrons. The normalized spacial score (nSPS) is 25.2. The fraction of sp³-hybridized carbons (Fsp3) is 0.935. The smallest absolute Gasteiger partial charge is 0.463 e. The first kappa shape index (κ1) is 109. The van der Waals surface area contributed by atoms with E-state index in [-0.39, 0.29) is 25.7 Å². The number of hydrogen-bond acceptors (Lipinski definition) is 24. The summed E-state index contributed by atoms with van der Waals surface area (Å²) in [4.78, 5) is 66.5. The van der Waals surface area contributed by atoms with Gasteiger partial charge in [0.25, 0.3) is 0 Å². The van der Waals surface area contributed by atoms with Gasteiger partial charge in [-0.15, -0.1) is 0 Å². The third-order valence-electron chi connectivity index (χ3n) is 23.7. The lowest BCUT2D eigenvalue weighted by molar-refractivity contribution is -0.360. The molecule has 2 heterocycles. The second kappa shape index (κ2) is 70.4. The van der Waals surface area contributed by atoms with Gasteiger partial charge in [-0.05, 0) is 57.3 Å². The Kier molecular flexibility index (Phi) is 65.2. The summed E-state index contributed by atoms with van der Waals surface area (Å²) in [5.41, 5.74) is 0. The summed E-state index contributed by atoms with van der Waals surface area (Å²) in [6.07, 6.45) is 27.7. The van der Waals surface area contributed by atoms with Gasteiger partial charge >= 0.3 is 31.7 Å². The maximum absolute atomic E-state index is 14.9. The number of allylic oxidation sites excluding steroid dienone is 2. The number of hydrogen-bond donors (Lipinski definition) is 10. The van der Waals surface area contributed by atoms with E-state index in [1.54, 1.807) is 0 Å². The molecule has 3 fully saturated rings. The van der Waals surface area contributed by atoms with Crippen molar-refractivity contribution < 1.29 is 122 Å². The SMILES string of the molecule is CCCCCC/C=C\CCCCCCCCCC(=O)OC(COC(=O)CCCCCCCCCCCCCCC)COP(=O)(O)OC1C(OC2OC(CO)C(O)C(O)C2O)C(O)C(O)C(OC(=O)CCCCCCCCC(C)CCCCCCCC)C1OC1OC(COC(=O)CCCCCCCCCCCCCCCCC)C(O)C(O)C1O. The van der Waals surface area contributed by atoms with Crippen LogP contribution in [0.4, 0.5) is 0 Å². The van der Waals surface area contributed by atoms with E-state index >= 15 is 0 Å². The van der Waals surface area contributed by atoms with E-state index < -0.39 is 162 Å². The standard InChI is InChI=1S/C92H171O25P/c1-6-10-14-18-22-25-28-31-33-36-39-42-45-52-58-64-76(95)109-70-74-80(99)82(101)86(105)92(113-74)116-89-87(114-78(97)66-60-54-48-47-50-56-62-71(5)61-55-49-21-17-13-9-4)83(102)84(103)88(115-91-85(104)81(100)79(98)73(67-93)112-91)90(89)117-118(106,107)110-69-72(68-108-75(94)63-57-51-44-41-38-35-30-27-24-20-16-12-8-3)111-77(96)65-59-53-46-43-40-37-34-32-29-26-23-19-15-11-7-2/h26,29,71-74,79-93,98-105H,6-25,27-28,30-70H2,1-5H3,(H,106,107)/b29-26-. The lowest BCUT2D eigenvalue weighted by Crippen LogP contribution is -2.70. The maximum Gasteiger partial charge on any atom is 0.472 e. The van der Waals surface area contributed by atoms with Crippen molar-refractivity contribution in [3.05, 3.63) is 12.2 Å². The molecule has 26 heteroatoms. The Bertz CT molecular complexity index is 2520. The number of phosphoric ester groups is 1. The van der Waals surface area contributed by atoms with Gasteiger partial charge in [-0.2, -0.15) is 0 Å². The fourth-order valence-corrected chi connectivity index (χ4v) is 16.9. The summed E-state index contributed by atoms with van der Waals surface area (Å²) in [6.45, 7) is 7.90. The quantitative estimate of drug-likeness (QED) is 0.00889. The van der Waals surface area contributed by atoms with Gasteiger partial charge < -0.3 is 88.7 Å². The number of ether oxygens (including phenoxy) is 8. The Morgan fingerprint density at radius 1 is 0.356 bits per heavy atom. The Morgan fingerprint density at radius 3 is 1.10 bits per heavy atom. The van der Waals surface area contributed by atoms with Gasteiger partial charge in [0.05, 0.1) is 13.2 Å². The molecule has 0 aromatic rings. The highest BCUT2D eigenvalue weighted by molar-refractivity contribution is 7.47. The minimum Gasteiger partial charge on any atom is -0.463 e. The van der Waals surface area contributed by atoms with Gasteiger partial charge in [0.2, 0.25) is 0 Å². The van der Waals surface area contributed by atoms with Crippen molar-refractivity contribution in [1.82, 2.24) is 0 Å². The molecule has 0 spiro atoms. The van der Waals surface area contributed by atoms with Crippen LogP contribution in [0.1, 0.15) is 413 Å². The Morgan fingerprint density at radius 2 is 0.686 bits per heavy atom. The van der Waals surface area contributed by atoms with Crippen molar-refractivity contribution in [2.24, 2.45) is 5.92 Å². The van der Waals surface area contributed by atoms with Gasteiger partial charge in [-0.3, -0.25) is 28.2 Å². The van der Waals surface area contributed by atoms with Crippen LogP contribution in [0.25, 0.3) is 0 Å². The van der Waals surface area contributed by atoms with Crippen molar-refractivity contribution in [2.45, 2.75) is 518 Å². The number of aliphatic hydroxyl groups is 9. The van der Waals surface area contributed by atoms with Crippen molar-refractivity contribution >= 4 is 31.7 Å². The average Bonchev–Trinajstić information content (AvgIpc) is 0.755. The zero-order valence-electron chi connectivity index (χ0n) is 74.1. The molecule has 25 nitrogen and oxygen atoms in total. The Labute approximate surface area is 712 Å². The van der Waals surface area contributed by atoms with Gasteiger partial charge in [0, 0.05) is 25.7 Å². The predicted molar refractivity (Wildman–Crippen MR) is 458 cm³/mol. The van der Waals surface area contributed by atoms with E-state index in [0.29, 0.717) is 44.4 Å². The Balaban J connectivity index is 1.92. The third kappa shape index (κ3) is 50.4. The lowest BCUT2D eigenvalue weighted by atomic mass is 9.84. The summed E-state index contributed by atoms with van der Waals surface area (Å²) in [6, 6.07) is 0. The summed E-state index contributed by atoms with van der Waals surface area (Å²) >= 11 is 0. The molecule has 0 bridgehead atoms. The minimum absolute atomic E-state index is 0.0183. The third-order valence-corrected chi connectivity index (χ3v) is 24.7. The molecule has 0 aromatic heterocycles. The number of esters is 4. The second-order valence-electron chi connectivity index (χ2n) is 34.5. The van der Waals surface area contributed by atoms with Gasteiger partial charge in [0.15, 0.2) is 24.8 Å². The largest absolute Gasteiger partial charge is 0.472 e. The van der Waals surface area contributed by atoms with E-state index in [4.69, 9.17) is 46.9 Å². The molecular weight excluding hydrogens is 1540 g/mol. The van der Waals surface area contributed by atoms with Crippen molar-refractivity contribution in [1.29, 1.82) is 0 Å². The summed E-state index contributed by atoms with van der Waals surface area (Å²) < 4.78 is 73.5. The molecule has 2 saturated heterocycles. The van der Waals surface area contributed by atoms with Crippen molar-refractivity contribution in [3.8, 4) is 0 Å². The molecule has 2 aliphatic heterocycles. The zero-order chi connectivity index (χ0) is 86.2. The van der Waals surface area contributed by atoms with E-state index in [9.17, 15) is 74.6 Å². The van der Waals surface area contributed by atoms with Gasteiger partial charge in [0.1, 0.15) is 92.6 Å². The highest BCUT2D eigenvalue weighted by atomic mass is 31.2. The second-order valence-corrected chi connectivity index (χ2v) is 35.9. The number of aliphatic hydroxyl groups excluding tert-OH is 9. The molecule has 19 unspecified atom stereocenters. The number of phosphoric acid groups is 1. The lowest BCUT2D eigenvalue weighted by Gasteiger charge is -2.50. The molecule has 118 heavy (non-hydrogen) atoms.